The molecule has 0 radical (unpaired) electrons. The summed E-state index contributed by atoms with van der Waals surface area (Å²) in [6, 6.07) is 1.12. The second-order valence-electron chi connectivity index (χ2n) is 4.83. The first-order valence-electron chi connectivity index (χ1n) is 6.68. The van der Waals surface area contributed by atoms with Gasteiger partial charge >= 0.3 is 0 Å². The van der Waals surface area contributed by atoms with E-state index in [1.807, 2.05) is 6.20 Å². The maximum absolute atomic E-state index is 4.45. The van der Waals surface area contributed by atoms with Crippen molar-refractivity contribution in [1.82, 2.24) is 15.2 Å². The lowest BCUT2D eigenvalue weighted by Gasteiger charge is -2.28. The predicted molar refractivity (Wildman–Crippen MR) is 73.4 cm³/mol. The zero-order chi connectivity index (χ0) is 12.1. The fourth-order valence-corrected chi connectivity index (χ4v) is 3.25. The maximum Gasteiger partial charge on any atom is 0.109 e. The van der Waals surface area contributed by atoms with Gasteiger partial charge in [-0.3, -0.25) is 4.90 Å². The van der Waals surface area contributed by atoms with Gasteiger partial charge in [-0.25, -0.2) is 4.98 Å². The molecule has 2 heterocycles. The van der Waals surface area contributed by atoms with Crippen LogP contribution in [0.1, 0.15) is 44.2 Å². The first-order valence-corrected chi connectivity index (χ1v) is 7.56. The standard InChI is InChI=1S/C13H23N3S/c1-3-5-12-10-16(8-4-6-14-12)11(2)13-15-7-9-17-13/h7,9,11-12,14H,3-6,8,10H2,1-2H3. The molecule has 1 aliphatic heterocycles. The van der Waals surface area contributed by atoms with Crippen LogP contribution in [0.4, 0.5) is 0 Å². The molecule has 0 amide bonds. The van der Waals surface area contributed by atoms with Crippen molar-refractivity contribution in [3.63, 3.8) is 0 Å². The van der Waals surface area contributed by atoms with Gasteiger partial charge in [-0.05, 0) is 26.3 Å². The Hall–Kier alpha value is -0.450. The summed E-state index contributed by atoms with van der Waals surface area (Å²) in [7, 11) is 0. The van der Waals surface area contributed by atoms with E-state index >= 15 is 0 Å². The zero-order valence-corrected chi connectivity index (χ0v) is 11.7. The Kier molecular flexibility index (Phi) is 4.95. The van der Waals surface area contributed by atoms with Crippen LogP contribution in [0.3, 0.4) is 0 Å². The first kappa shape index (κ1) is 13.0. The molecule has 1 aromatic heterocycles. The molecule has 1 aromatic rings. The quantitative estimate of drug-likeness (QED) is 0.894. The van der Waals surface area contributed by atoms with Crippen molar-refractivity contribution in [2.24, 2.45) is 0 Å². The Labute approximate surface area is 108 Å². The average molecular weight is 253 g/mol. The molecule has 0 aliphatic carbocycles. The second kappa shape index (κ2) is 6.47. The van der Waals surface area contributed by atoms with Crippen LogP contribution in [0.25, 0.3) is 0 Å². The van der Waals surface area contributed by atoms with Gasteiger partial charge < -0.3 is 5.32 Å². The highest BCUT2D eigenvalue weighted by atomic mass is 32.1. The third-order valence-corrected chi connectivity index (χ3v) is 4.45. The SMILES string of the molecule is CCCC1CN(C(C)c2nccs2)CCCN1. The third kappa shape index (κ3) is 3.50. The number of aromatic nitrogens is 1. The molecule has 2 rings (SSSR count). The van der Waals surface area contributed by atoms with Gasteiger partial charge in [0.2, 0.25) is 0 Å². The summed E-state index contributed by atoms with van der Waals surface area (Å²) in [6.07, 6.45) is 5.70. The van der Waals surface area contributed by atoms with Gasteiger partial charge in [0.25, 0.3) is 0 Å². The van der Waals surface area contributed by atoms with E-state index in [1.54, 1.807) is 11.3 Å². The predicted octanol–water partition coefficient (Wildman–Crippen LogP) is 2.67. The molecule has 1 aliphatic rings. The van der Waals surface area contributed by atoms with Crippen molar-refractivity contribution in [2.45, 2.75) is 45.2 Å². The van der Waals surface area contributed by atoms with E-state index in [9.17, 15) is 0 Å². The summed E-state index contributed by atoms with van der Waals surface area (Å²) in [5.74, 6) is 0. The summed E-state index contributed by atoms with van der Waals surface area (Å²) in [6.45, 7) is 8.06. The van der Waals surface area contributed by atoms with Gasteiger partial charge in [-0.1, -0.05) is 13.3 Å². The molecule has 0 spiro atoms. The summed E-state index contributed by atoms with van der Waals surface area (Å²) in [4.78, 5) is 7.03. The molecule has 0 bridgehead atoms. The zero-order valence-electron chi connectivity index (χ0n) is 10.9. The van der Waals surface area contributed by atoms with Crippen molar-refractivity contribution in [1.29, 1.82) is 0 Å². The van der Waals surface area contributed by atoms with E-state index in [0.29, 0.717) is 12.1 Å². The molecule has 2 atom stereocenters. The van der Waals surface area contributed by atoms with Gasteiger partial charge in [0.15, 0.2) is 0 Å². The van der Waals surface area contributed by atoms with Crippen LogP contribution >= 0.6 is 11.3 Å². The van der Waals surface area contributed by atoms with Gasteiger partial charge in [0.1, 0.15) is 5.01 Å². The fourth-order valence-electron chi connectivity index (χ4n) is 2.52. The molecular weight excluding hydrogens is 230 g/mol. The topological polar surface area (TPSA) is 28.2 Å². The van der Waals surface area contributed by atoms with Crippen LogP contribution in [-0.2, 0) is 0 Å². The lowest BCUT2D eigenvalue weighted by atomic mass is 10.1. The van der Waals surface area contributed by atoms with E-state index < -0.39 is 0 Å². The number of hydrogen-bond acceptors (Lipinski definition) is 4. The van der Waals surface area contributed by atoms with Crippen LogP contribution in [0, 0.1) is 0 Å². The number of rotatable bonds is 4. The molecule has 2 unspecified atom stereocenters. The van der Waals surface area contributed by atoms with E-state index in [2.05, 4.69) is 34.4 Å². The summed E-state index contributed by atoms with van der Waals surface area (Å²) in [5.41, 5.74) is 0. The van der Waals surface area contributed by atoms with Crippen LogP contribution in [0.5, 0.6) is 0 Å². The molecule has 3 nitrogen and oxygen atoms in total. The summed E-state index contributed by atoms with van der Waals surface area (Å²) in [5, 5.41) is 6.98. The van der Waals surface area contributed by atoms with E-state index in [4.69, 9.17) is 0 Å². The lowest BCUT2D eigenvalue weighted by molar-refractivity contribution is 0.203. The van der Waals surface area contributed by atoms with Crippen molar-refractivity contribution in [3.05, 3.63) is 16.6 Å². The first-order chi connectivity index (χ1) is 8.31. The van der Waals surface area contributed by atoms with Gasteiger partial charge in [0.05, 0.1) is 6.04 Å². The Balaban J connectivity index is 1.98. The molecular formula is C13H23N3S. The molecule has 0 saturated carbocycles. The van der Waals surface area contributed by atoms with E-state index in [-0.39, 0.29) is 0 Å². The molecule has 96 valence electrons. The Bertz CT molecular complexity index is 312. The number of nitrogens with zero attached hydrogens (tertiary/aromatic N) is 2. The minimum Gasteiger partial charge on any atom is -0.313 e. The van der Waals surface area contributed by atoms with Crippen molar-refractivity contribution < 1.29 is 0 Å². The summed E-state index contributed by atoms with van der Waals surface area (Å²) < 4.78 is 0. The maximum atomic E-state index is 4.45. The highest BCUT2D eigenvalue weighted by Crippen LogP contribution is 2.23. The number of nitrogens with one attached hydrogen (secondary N) is 1. The highest BCUT2D eigenvalue weighted by molar-refractivity contribution is 7.09. The van der Waals surface area contributed by atoms with E-state index in [0.717, 1.165) is 13.1 Å². The van der Waals surface area contributed by atoms with Crippen molar-refractivity contribution >= 4 is 11.3 Å². The van der Waals surface area contributed by atoms with Crippen LogP contribution in [-0.4, -0.2) is 35.6 Å². The van der Waals surface area contributed by atoms with Crippen LogP contribution in [0.2, 0.25) is 0 Å². The van der Waals surface area contributed by atoms with Crippen molar-refractivity contribution in [3.8, 4) is 0 Å². The lowest BCUT2D eigenvalue weighted by Crippen LogP contribution is -2.38. The third-order valence-electron chi connectivity index (χ3n) is 3.50. The Morgan fingerprint density at radius 1 is 1.65 bits per heavy atom. The monoisotopic (exact) mass is 253 g/mol. The van der Waals surface area contributed by atoms with Crippen LogP contribution < -0.4 is 5.32 Å². The molecule has 17 heavy (non-hydrogen) atoms. The molecule has 1 saturated heterocycles. The van der Waals surface area contributed by atoms with Gasteiger partial charge in [-0.15, -0.1) is 11.3 Å². The highest BCUT2D eigenvalue weighted by Gasteiger charge is 2.23. The second-order valence-corrected chi connectivity index (χ2v) is 5.76. The smallest absolute Gasteiger partial charge is 0.109 e. The Morgan fingerprint density at radius 2 is 2.53 bits per heavy atom. The fraction of sp³-hybridized carbons (Fsp3) is 0.769. The average Bonchev–Trinajstić information content (AvgIpc) is 2.76. The molecule has 1 fully saturated rings. The Morgan fingerprint density at radius 3 is 3.24 bits per heavy atom. The van der Waals surface area contributed by atoms with Crippen molar-refractivity contribution in [2.75, 3.05) is 19.6 Å². The van der Waals surface area contributed by atoms with Crippen LogP contribution in [0.15, 0.2) is 11.6 Å². The molecule has 4 heteroatoms. The minimum atomic E-state index is 0.467. The van der Waals surface area contributed by atoms with E-state index in [1.165, 1.54) is 30.8 Å². The normalized spacial score (nSPS) is 24.5. The molecule has 1 N–H and O–H groups in total. The number of thiazole rings is 1. The molecule has 0 aromatic carbocycles. The minimum absolute atomic E-state index is 0.467. The van der Waals surface area contributed by atoms with Gasteiger partial charge in [-0.2, -0.15) is 0 Å². The number of hydrogen-bond donors (Lipinski definition) is 1. The summed E-state index contributed by atoms with van der Waals surface area (Å²) >= 11 is 1.77. The van der Waals surface area contributed by atoms with Gasteiger partial charge in [0, 0.05) is 30.7 Å². The largest absolute Gasteiger partial charge is 0.313 e.